The third-order valence-electron chi connectivity index (χ3n) is 1.82. The molecule has 17 heavy (non-hydrogen) atoms. The van der Waals surface area contributed by atoms with E-state index in [0.29, 0.717) is 0 Å². The van der Waals surface area contributed by atoms with Crippen LogP contribution in [0.1, 0.15) is 0 Å². The van der Waals surface area contributed by atoms with E-state index in [0.717, 1.165) is 11.8 Å². The molecule has 0 radical (unpaired) electrons. The number of halogens is 3. The van der Waals surface area contributed by atoms with Crippen molar-refractivity contribution in [2.45, 2.75) is 5.51 Å². The van der Waals surface area contributed by atoms with Crippen molar-refractivity contribution in [1.82, 2.24) is 0 Å². The van der Waals surface area contributed by atoms with Crippen molar-refractivity contribution in [3.8, 4) is 0 Å². The molecule has 0 fully saturated rings. The van der Waals surface area contributed by atoms with Crippen LogP contribution in [0.2, 0.25) is 0 Å². The van der Waals surface area contributed by atoms with Gasteiger partial charge in [-0.05, 0) is 0 Å². The first-order chi connectivity index (χ1) is 7.65. The third kappa shape index (κ3) is 3.28. The van der Waals surface area contributed by atoms with Crippen LogP contribution in [0.3, 0.4) is 0 Å². The van der Waals surface area contributed by atoms with Crippen LogP contribution in [0.4, 0.5) is 13.2 Å². The zero-order valence-corrected chi connectivity index (χ0v) is 9.78. The van der Waals surface area contributed by atoms with Crippen molar-refractivity contribution in [2.75, 3.05) is 17.4 Å². The van der Waals surface area contributed by atoms with Crippen molar-refractivity contribution >= 4 is 27.6 Å². The topological polar surface area (TPSA) is 80.7 Å². The average Bonchev–Trinajstić information content (AvgIpc) is 2.60. The first-order valence-corrected chi connectivity index (χ1v) is 6.91. The van der Waals surface area contributed by atoms with Gasteiger partial charge in [-0.25, -0.2) is 13.2 Å². The molecule has 10 heteroatoms. The van der Waals surface area contributed by atoms with E-state index >= 15 is 0 Å². The molecule has 1 rings (SSSR count). The Labute approximate surface area is 98.5 Å². The van der Waals surface area contributed by atoms with Gasteiger partial charge in [-0.15, -0.1) is 11.8 Å². The predicted octanol–water partition coefficient (Wildman–Crippen LogP) is 0.981. The van der Waals surface area contributed by atoms with Crippen molar-refractivity contribution in [3.05, 3.63) is 11.3 Å². The molecule has 98 valence electrons. The van der Waals surface area contributed by atoms with E-state index in [1.165, 1.54) is 0 Å². The van der Waals surface area contributed by atoms with E-state index in [4.69, 9.17) is 5.11 Å². The molecule has 1 N–H and O–H groups in total. The highest BCUT2D eigenvalue weighted by Gasteiger charge is 2.46. The number of thioether (sulfide) groups is 1. The average molecular weight is 292 g/mol. The van der Waals surface area contributed by atoms with E-state index in [1.54, 1.807) is 0 Å². The Bertz CT molecular complexity index is 451. The second-order valence-electron chi connectivity index (χ2n) is 3.02. The largest absolute Gasteiger partial charge is 0.500 e. The number of ether oxygens (including phenoxy) is 1. The van der Waals surface area contributed by atoms with Gasteiger partial charge in [0.25, 0.3) is 9.84 Å². The number of carboxylic acids is 1. The summed E-state index contributed by atoms with van der Waals surface area (Å²) in [5, 5.41) is 8.65. The predicted molar refractivity (Wildman–Crippen MR) is 52.9 cm³/mol. The Morgan fingerprint density at radius 2 is 2.00 bits per heavy atom. The molecule has 1 aliphatic heterocycles. The Morgan fingerprint density at radius 1 is 1.41 bits per heavy atom. The lowest BCUT2D eigenvalue weighted by molar-refractivity contribution is -0.132. The SMILES string of the molecule is O=C(O)C1=C(OCS(=O)(=O)C(F)(F)F)CSC1. The first kappa shape index (κ1) is 14.2. The number of hydrogen-bond acceptors (Lipinski definition) is 5. The number of alkyl halides is 3. The van der Waals surface area contributed by atoms with Crippen LogP contribution in [0.25, 0.3) is 0 Å². The molecule has 0 unspecified atom stereocenters. The van der Waals surface area contributed by atoms with Crippen molar-refractivity contribution in [2.24, 2.45) is 0 Å². The van der Waals surface area contributed by atoms with E-state index in [2.05, 4.69) is 4.74 Å². The summed E-state index contributed by atoms with van der Waals surface area (Å²) < 4.78 is 61.6. The number of hydrogen-bond donors (Lipinski definition) is 1. The Morgan fingerprint density at radius 3 is 2.47 bits per heavy atom. The van der Waals surface area contributed by atoms with Gasteiger partial charge in [0.15, 0.2) is 5.94 Å². The molecule has 0 spiro atoms. The minimum atomic E-state index is -5.40. The number of aliphatic carboxylic acids is 1. The number of rotatable bonds is 4. The van der Waals surface area contributed by atoms with Crippen LogP contribution in [0.15, 0.2) is 11.3 Å². The van der Waals surface area contributed by atoms with Crippen LogP contribution in [-0.2, 0) is 19.4 Å². The second-order valence-corrected chi connectivity index (χ2v) is 5.94. The lowest BCUT2D eigenvalue weighted by Gasteiger charge is -2.10. The highest BCUT2D eigenvalue weighted by molar-refractivity contribution is 8.00. The maximum absolute atomic E-state index is 12.0. The van der Waals surface area contributed by atoms with E-state index in [1.807, 2.05) is 0 Å². The molecular weight excluding hydrogens is 285 g/mol. The molecule has 5 nitrogen and oxygen atoms in total. The summed E-state index contributed by atoms with van der Waals surface area (Å²) in [6, 6.07) is 0. The fourth-order valence-electron chi connectivity index (χ4n) is 0.939. The standard InChI is InChI=1S/C7H7F3O5S2/c8-7(9,10)17(13,14)3-15-5-2-16-1-4(5)6(11)12/h1-3H2,(H,11,12). The van der Waals surface area contributed by atoms with Crippen LogP contribution < -0.4 is 0 Å². The molecular formula is C7H7F3O5S2. The fourth-order valence-corrected chi connectivity index (χ4v) is 2.40. The van der Waals surface area contributed by atoms with Crippen molar-refractivity contribution < 1.29 is 36.2 Å². The number of sulfone groups is 1. The zero-order chi connectivity index (χ0) is 13.3. The fraction of sp³-hybridized carbons (Fsp3) is 0.571. The van der Waals surface area contributed by atoms with Gasteiger partial charge in [0.05, 0.1) is 11.3 Å². The second kappa shape index (κ2) is 4.77. The smallest absolute Gasteiger partial charge is 0.480 e. The minimum absolute atomic E-state index is 0.0506. The van der Waals surface area contributed by atoms with Crippen molar-refractivity contribution in [1.29, 1.82) is 0 Å². The van der Waals surface area contributed by atoms with Crippen molar-refractivity contribution in [3.63, 3.8) is 0 Å². The summed E-state index contributed by atoms with van der Waals surface area (Å²) in [5.74, 6) is -3.01. The third-order valence-corrected chi connectivity index (χ3v) is 3.91. The maximum Gasteiger partial charge on any atom is 0.500 e. The quantitative estimate of drug-likeness (QED) is 0.832. The molecule has 0 aromatic heterocycles. The maximum atomic E-state index is 12.0. The minimum Gasteiger partial charge on any atom is -0.480 e. The molecule has 0 aromatic carbocycles. The molecule has 0 aromatic rings. The van der Waals surface area contributed by atoms with Gasteiger partial charge < -0.3 is 9.84 Å². The summed E-state index contributed by atoms with van der Waals surface area (Å²) >= 11 is 1.12. The molecule has 0 saturated carbocycles. The molecule has 0 bridgehead atoms. The molecule has 0 atom stereocenters. The lowest BCUT2D eigenvalue weighted by atomic mass is 10.3. The number of carboxylic acid groups (broad SMARTS) is 1. The van der Waals surface area contributed by atoms with E-state index in [9.17, 15) is 26.4 Å². The van der Waals surface area contributed by atoms with Crippen LogP contribution in [-0.4, -0.2) is 42.4 Å². The van der Waals surface area contributed by atoms with Crippen LogP contribution in [0, 0.1) is 0 Å². The van der Waals surface area contributed by atoms with Gasteiger partial charge in [0.1, 0.15) is 5.76 Å². The Kier molecular flexibility index (Phi) is 3.97. The highest BCUT2D eigenvalue weighted by Crippen LogP contribution is 2.28. The highest BCUT2D eigenvalue weighted by atomic mass is 32.2. The van der Waals surface area contributed by atoms with Crippen LogP contribution in [0.5, 0.6) is 0 Å². The van der Waals surface area contributed by atoms with Gasteiger partial charge in [-0.3, -0.25) is 0 Å². The van der Waals surface area contributed by atoms with Gasteiger partial charge in [-0.2, -0.15) is 13.2 Å². The Hall–Kier alpha value is -0.900. The summed E-state index contributed by atoms with van der Waals surface area (Å²) in [4.78, 5) is 10.6. The number of carbonyl (C=O) groups is 1. The molecule has 0 saturated heterocycles. The zero-order valence-electron chi connectivity index (χ0n) is 8.15. The lowest BCUT2D eigenvalue weighted by Crippen LogP contribution is -2.27. The molecule has 0 aliphatic carbocycles. The Balaban J connectivity index is 2.76. The van der Waals surface area contributed by atoms with E-state index in [-0.39, 0.29) is 22.8 Å². The van der Waals surface area contributed by atoms with Gasteiger partial charge in [0, 0.05) is 5.75 Å². The summed E-state index contributed by atoms with van der Waals surface area (Å²) in [5.41, 5.74) is -5.60. The summed E-state index contributed by atoms with van der Waals surface area (Å²) in [6.45, 7) is 0. The molecule has 1 aliphatic rings. The van der Waals surface area contributed by atoms with Gasteiger partial charge in [0.2, 0.25) is 0 Å². The molecule has 1 heterocycles. The first-order valence-electron chi connectivity index (χ1n) is 4.10. The molecule has 0 amide bonds. The monoisotopic (exact) mass is 292 g/mol. The van der Waals surface area contributed by atoms with Gasteiger partial charge in [-0.1, -0.05) is 0 Å². The van der Waals surface area contributed by atoms with Crippen LogP contribution >= 0.6 is 11.8 Å². The summed E-state index contributed by atoms with van der Waals surface area (Å²) in [7, 11) is -5.39. The van der Waals surface area contributed by atoms with E-state index < -0.39 is 27.3 Å². The summed E-state index contributed by atoms with van der Waals surface area (Å²) in [6.07, 6.45) is 0. The normalized spacial score (nSPS) is 17.4. The van der Waals surface area contributed by atoms with Gasteiger partial charge >= 0.3 is 11.5 Å².